The standard InChI is InChI=1S/C22H22F2N2S/c1-3-4-5-6-18-13-26-22(27-18)14-25-21-10-9-17(12-20(21)24)16-8-7-15(2)19(23)11-16/h7-14H,3-6H2,1-2H3. The summed E-state index contributed by atoms with van der Waals surface area (Å²) in [5, 5.41) is 0.769. The zero-order valence-corrected chi connectivity index (χ0v) is 16.3. The fraction of sp³-hybridized carbons (Fsp3) is 0.273. The molecule has 0 spiro atoms. The lowest BCUT2D eigenvalue weighted by Crippen LogP contribution is -1.86. The van der Waals surface area contributed by atoms with Gasteiger partial charge in [-0.1, -0.05) is 38.0 Å². The minimum absolute atomic E-state index is 0.245. The number of rotatable bonds is 7. The number of hydrogen-bond acceptors (Lipinski definition) is 3. The lowest BCUT2D eigenvalue weighted by atomic mass is 10.0. The molecule has 0 amide bonds. The van der Waals surface area contributed by atoms with Crippen molar-refractivity contribution in [3.63, 3.8) is 0 Å². The number of aromatic nitrogens is 1. The first kappa shape index (κ1) is 19.4. The Morgan fingerprint density at radius 3 is 2.48 bits per heavy atom. The van der Waals surface area contributed by atoms with Gasteiger partial charge in [0.2, 0.25) is 0 Å². The fourth-order valence-corrected chi connectivity index (χ4v) is 3.57. The minimum Gasteiger partial charge on any atom is -0.251 e. The topological polar surface area (TPSA) is 25.2 Å². The Bertz CT molecular complexity index is 947. The first-order valence-electron chi connectivity index (χ1n) is 9.11. The number of nitrogens with zero attached hydrogens (tertiary/aromatic N) is 2. The SMILES string of the molecule is CCCCCc1cnc(C=Nc2ccc(-c3ccc(C)c(F)c3)cc2F)s1. The molecule has 0 bridgehead atoms. The molecule has 0 aliphatic rings. The van der Waals surface area contributed by atoms with Crippen LogP contribution in [0.3, 0.4) is 0 Å². The molecule has 1 aromatic heterocycles. The molecule has 0 fully saturated rings. The second kappa shape index (κ2) is 9.00. The summed E-state index contributed by atoms with van der Waals surface area (Å²) < 4.78 is 28.1. The van der Waals surface area contributed by atoms with Crippen LogP contribution in [-0.2, 0) is 6.42 Å². The molecule has 2 aromatic carbocycles. The summed E-state index contributed by atoms with van der Waals surface area (Å²) in [5.41, 5.74) is 2.08. The molecule has 2 nitrogen and oxygen atoms in total. The molecule has 3 aromatic rings. The van der Waals surface area contributed by atoms with Crippen LogP contribution in [-0.4, -0.2) is 11.2 Å². The van der Waals surface area contributed by atoms with Crippen LogP contribution in [0, 0.1) is 18.6 Å². The average molecular weight is 384 g/mol. The number of unbranched alkanes of at least 4 members (excludes halogenated alkanes) is 2. The van der Waals surface area contributed by atoms with Gasteiger partial charge in [-0.2, -0.15) is 0 Å². The van der Waals surface area contributed by atoms with Gasteiger partial charge < -0.3 is 0 Å². The van der Waals surface area contributed by atoms with Gasteiger partial charge in [0.15, 0.2) is 0 Å². The highest BCUT2D eigenvalue weighted by atomic mass is 32.1. The van der Waals surface area contributed by atoms with E-state index in [4.69, 9.17) is 0 Å². The maximum Gasteiger partial charge on any atom is 0.149 e. The van der Waals surface area contributed by atoms with E-state index in [1.54, 1.807) is 48.7 Å². The van der Waals surface area contributed by atoms with Crippen LogP contribution in [0.5, 0.6) is 0 Å². The van der Waals surface area contributed by atoms with Crippen molar-refractivity contribution in [1.82, 2.24) is 4.98 Å². The van der Waals surface area contributed by atoms with Gasteiger partial charge in [0, 0.05) is 11.1 Å². The molecule has 0 unspecified atom stereocenters. The Morgan fingerprint density at radius 2 is 1.78 bits per heavy atom. The third-order valence-electron chi connectivity index (χ3n) is 4.37. The predicted molar refractivity (Wildman–Crippen MR) is 109 cm³/mol. The normalized spacial score (nSPS) is 11.4. The lowest BCUT2D eigenvalue weighted by molar-refractivity contribution is 0.618. The highest BCUT2D eigenvalue weighted by molar-refractivity contribution is 7.13. The van der Waals surface area contributed by atoms with Gasteiger partial charge in [-0.05, 0) is 54.7 Å². The molecule has 1 heterocycles. The summed E-state index contributed by atoms with van der Waals surface area (Å²) in [6.07, 6.45) is 8.05. The van der Waals surface area contributed by atoms with Crippen LogP contribution in [0.4, 0.5) is 14.5 Å². The molecular weight excluding hydrogens is 362 g/mol. The van der Waals surface area contributed by atoms with Gasteiger partial charge in [-0.25, -0.2) is 13.8 Å². The van der Waals surface area contributed by atoms with Crippen LogP contribution < -0.4 is 0 Å². The number of halogens is 2. The van der Waals surface area contributed by atoms with Crippen LogP contribution in [0.25, 0.3) is 11.1 Å². The lowest BCUT2D eigenvalue weighted by Gasteiger charge is -2.05. The zero-order chi connectivity index (χ0) is 19.2. The summed E-state index contributed by atoms with van der Waals surface area (Å²) in [7, 11) is 0. The minimum atomic E-state index is -0.440. The van der Waals surface area contributed by atoms with Crippen molar-refractivity contribution in [2.45, 2.75) is 39.5 Å². The first-order valence-corrected chi connectivity index (χ1v) is 9.93. The van der Waals surface area contributed by atoms with E-state index in [0.29, 0.717) is 16.7 Å². The number of aryl methyl sites for hydroxylation is 2. The second-order valence-electron chi connectivity index (χ2n) is 6.51. The van der Waals surface area contributed by atoms with Crippen LogP contribution >= 0.6 is 11.3 Å². The Labute approximate surface area is 162 Å². The van der Waals surface area contributed by atoms with Crippen molar-refractivity contribution in [3.8, 4) is 11.1 Å². The molecule has 0 aliphatic heterocycles. The van der Waals surface area contributed by atoms with Gasteiger partial charge in [-0.15, -0.1) is 11.3 Å². The smallest absolute Gasteiger partial charge is 0.149 e. The molecule has 0 saturated carbocycles. The number of thiazole rings is 1. The first-order chi connectivity index (χ1) is 13.1. The molecule has 3 rings (SSSR count). The summed E-state index contributed by atoms with van der Waals surface area (Å²) in [5.74, 6) is -0.738. The third kappa shape index (κ3) is 5.07. The summed E-state index contributed by atoms with van der Waals surface area (Å²) >= 11 is 1.59. The van der Waals surface area contributed by atoms with E-state index >= 15 is 0 Å². The van der Waals surface area contributed by atoms with Crippen LogP contribution in [0.15, 0.2) is 47.6 Å². The quantitative estimate of drug-likeness (QED) is 0.322. The maximum atomic E-state index is 14.4. The molecule has 0 saturated heterocycles. The van der Waals surface area contributed by atoms with Gasteiger partial charge in [-0.3, -0.25) is 4.99 Å². The highest BCUT2D eigenvalue weighted by Gasteiger charge is 2.07. The van der Waals surface area contributed by atoms with E-state index in [2.05, 4.69) is 16.9 Å². The predicted octanol–water partition coefficient (Wildman–Crippen LogP) is 6.88. The molecule has 0 aliphatic carbocycles. The summed E-state index contributed by atoms with van der Waals surface area (Å²) in [6.45, 7) is 3.88. The van der Waals surface area contributed by atoms with Crippen molar-refractivity contribution in [3.05, 3.63) is 69.7 Å². The van der Waals surface area contributed by atoms with Gasteiger partial charge in [0.05, 0.1) is 11.9 Å². The molecular formula is C22H22F2N2S. The van der Waals surface area contributed by atoms with Crippen molar-refractivity contribution in [2.75, 3.05) is 0 Å². The van der Waals surface area contributed by atoms with E-state index in [0.717, 1.165) is 17.8 Å². The maximum absolute atomic E-state index is 14.4. The van der Waals surface area contributed by atoms with E-state index in [-0.39, 0.29) is 11.5 Å². The average Bonchev–Trinajstić information content (AvgIpc) is 3.11. The van der Waals surface area contributed by atoms with Crippen LogP contribution in [0.1, 0.15) is 41.6 Å². The Kier molecular flexibility index (Phi) is 6.45. The fourth-order valence-electron chi connectivity index (χ4n) is 2.74. The zero-order valence-electron chi connectivity index (χ0n) is 15.5. The second-order valence-corrected chi connectivity index (χ2v) is 7.66. The Morgan fingerprint density at radius 1 is 1.04 bits per heavy atom. The van der Waals surface area contributed by atoms with Crippen molar-refractivity contribution in [1.29, 1.82) is 0 Å². The Balaban J connectivity index is 1.72. The summed E-state index contributed by atoms with van der Waals surface area (Å²) in [4.78, 5) is 9.78. The molecule has 27 heavy (non-hydrogen) atoms. The number of benzene rings is 2. The summed E-state index contributed by atoms with van der Waals surface area (Å²) in [6, 6.07) is 9.63. The van der Waals surface area contributed by atoms with Gasteiger partial charge >= 0.3 is 0 Å². The van der Waals surface area contributed by atoms with Crippen LogP contribution in [0.2, 0.25) is 0 Å². The van der Waals surface area contributed by atoms with E-state index in [1.807, 2.05) is 6.20 Å². The highest BCUT2D eigenvalue weighted by Crippen LogP contribution is 2.27. The van der Waals surface area contributed by atoms with E-state index in [9.17, 15) is 8.78 Å². The monoisotopic (exact) mass is 384 g/mol. The van der Waals surface area contributed by atoms with E-state index < -0.39 is 5.82 Å². The third-order valence-corrected chi connectivity index (χ3v) is 5.36. The molecule has 0 radical (unpaired) electrons. The van der Waals surface area contributed by atoms with Crippen molar-refractivity contribution in [2.24, 2.45) is 4.99 Å². The molecule has 0 atom stereocenters. The largest absolute Gasteiger partial charge is 0.251 e. The van der Waals surface area contributed by atoms with Gasteiger partial charge in [0.1, 0.15) is 16.6 Å². The molecule has 5 heteroatoms. The van der Waals surface area contributed by atoms with Crippen molar-refractivity contribution < 1.29 is 8.78 Å². The Hall–Kier alpha value is -2.40. The number of aliphatic imine (C=N–C) groups is 1. The number of hydrogen-bond donors (Lipinski definition) is 0. The van der Waals surface area contributed by atoms with Crippen molar-refractivity contribution >= 4 is 23.2 Å². The van der Waals surface area contributed by atoms with E-state index in [1.165, 1.54) is 29.9 Å². The molecule has 0 N–H and O–H groups in total. The van der Waals surface area contributed by atoms with Gasteiger partial charge in [0.25, 0.3) is 0 Å². The molecule has 140 valence electrons.